The predicted octanol–water partition coefficient (Wildman–Crippen LogP) is 4.44. The van der Waals surface area contributed by atoms with Crippen LogP contribution in [-0.2, 0) is 24.2 Å². The van der Waals surface area contributed by atoms with Gasteiger partial charge in [-0.05, 0) is 67.1 Å². The normalized spacial score (nSPS) is 16.4. The molecule has 0 unspecified atom stereocenters. The van der Waals surface area contributed by atoms with Gasteiger partial charge in [-0.3, -0.25) is 9.69 Å². The van der Waals surface area contributed by atoms with Gasteiger partial charge in [0.25, 0.3) is 0 Å². The highest BCUT2D eigenvalue weighted by molar-refractivity contribution is 6.30. The Morgan fingerprint density at radius 1 is 1.00 bits per heavy atom. The topological polar surface area (TPSA) is 41.6 Å². The zero-order valence-corrected chi connectivity index (χ0v) is 16.2. The zero-order valence-electron chi connectivity index (χ0n) is 15.5. The summed E-state index contributed by atoms with van der Waals surface area (Å²) >= 11 is 6.08. The lowest BCUT2D eigenvalue weighted by molar-refractivity contribution is -0.116. The molecule has 0 saturated carbocycles. The van der Waals surface area contributed by atoms with Crippen molar-refractivity contribution >= 4 is 23.2 Å². The number of halogens is 1. The standard InChI is InChI=1S/C22H25ClN2O2/c23-19-6-3-18-15-25(11-9-17(18)13-19)10-1-2-12-27-20-7-4-16-5-8-22(26)24-21(16)14-20/h3-4,6-7,13-14H,1-2,5,8-12,15H2,(H,24,26). The molecule has 2 aliphatic rings. The zero-order chi connectivity index (χ0) is 18.6. The van der Waals surface area contributed by atoms with Gasteiger partial charge in [0.05, 0.1) is 6.61 Å². The Balaban J connectivity index is 1.19. The van der Waals surface area contributed by atoms with Gasteiger partial charge in [-0.15, -0.1) is 0 Å². The molecule has 4 nitrogen and oxygen atoms in total. The second-order valence-corrected chi connectivity index (χ2v) is 7.80. The fourth-order valence-electron chi connectivity index (χ4n) is 3.84. The molecule has 2 aliphatic heterocycles. The Hall–Kier alpha value is -2.04. The van der Waals surface area contributed by atoms with E-state index in [1.807, 2.05) is 18.2 Å². The predicted molar refractivity (Wildman–Crippen MR) is 109 cm³/mol. The van der Waals surface area contributed by atoms with Gasteiger partial charge in [-0.1, -0.05) is 23.7 Å². The quantitative estimate of drug-likeness (QED) is 0.748. The molecule has 2 aromatic rings. The summed E-state index contributed by atoms with van der Waals surface area (Å²) in [5, 5.41) is 3.76. The Labute approximate surface area is 165 Å². The molecule has 142 valence electrons. The average Bonchev–Trinajstić information content (AvgIpc) is 2.67. The van der Waals surface area contributed by atoms with E-state index in [1.54, 1.807) is 0 Å². The largest absolute Gasteiger partial charge is 0.494 e. The molecule has 0 atom stereocenters. The van der Waals surface area contributed by atoms with E-state index < -0.39 is 0 Å². The number of amides is 1. The van der Waals surface area contributed by atoms with Crippen LogP contribution in [0.3, 0.4) is 0 Å². The Bertz CT molecular complexity index is 837. The number of nitrogens with one attached hydrogen (secondary N) is 1. The highest BCUT2D eigenvalue weighted by Crippen LogP contribution is 2.27. The monoisotopic (exact) mass is 384 g/mol. The third-order valence-corrected chi connectivity index (χ3v) is 5.61. The lowest BCUT2D eigenvalue weighted by Crippen LogP contribution is -2.31. The first-order chi connectivity index (χ1) is 13.2. The number of benzene rings is 2. The molecule has 0 spiro atoms. The van der Waals surface area contributed by atoms with Gasteiger partial charge in [0, 0.05) is 36.3 Å². The SMILES string of the molecule is O=C1CCc2ccc(OCCCCN3CCc4cc(Cl)ccc4C3)cc2N1. The van der Waals surface area contributed by atoms with Crippen molar-refractivity contribution in [3.63, 3.8) is 0 Å². The van der Waals surface area contributed by atoms with E-state index in [4.69, 9.17) is 16.3 Å². The smallest absolute Gasteiger partial charge is 0.224 e. The van der Waals surface area contributed by atoms with E-state index in [9.17, 15) is 4.79 Å². The number of nitrogens with zero attached hydrogens (tertiary/aromatic N) is 1. The van der Waals surface area contributed by atoms with Crippen LogP contribution in [0.4, 0.5) is 5.69 Å². The van der Waals surface area contributed by atoms with Crippen LogP contribution < -0.4 is 10.1 Å². The van der Waals surface area contributed by atoms with Crippen molar-refractivity contribution in [1.82, 2.24) is 4.90 Å². The van der Waals surface area contributed by atoms with E-state index in [0.29, 0.717) is 13.0 Å². The molecule has 0 bridgehead atoms. The van der Waals surface area contributed by atoms with Crippen molar-refractivity contribution in [3.8, 4) is 5.75 Å². The molecule has 2 heterocycles. The molecule has 0 fully saturated rings. The van der Waals surface area contributed by atoms with E-state index >= 15 is 0 Å². The minimum atomic E-state index is 0.0880. The van der Waals surface area contributed by atoms with Crippen LogP contribution in [0.15, 0.2) is 36.4 Å². The first-order valence-corrected chi connectivity index (χ1v) is 10.1. The second-order valence-electron chi connectivity index (χ2n) is 7.36. The van der Waals surface area contributed by atoms with Crippen molar-refractivity contribution in [2.45, 2.75) is 38.6 Å². The molecular weight excluding hydrogens is 360 g/mol. The van der Waals surface area contributed by atoms with Crippen molar-refractivity contribution in [2.24, 2.45) is 0 Å². The first kappa shape index (κ1) is 18.3. The number of hydrogen-bond acceptors (Lipinski definition) is 3. The minimum Gasteiger partial charge on any atom is -0.494 e. The summed E-state index contributed by atoms with van der Waals surface area (Å²) in [5.74, 6) is 0.921. The maximum absolute atomic E-state index is 11.5. The molecule has 0 aromatic heterocycles. The summed E-state index contributed by atoms with van der Waals surface area (Å²) < 4.78 is 5.88. The number of fused-ring (bicyclic) bond motifs is 2. The maximum atomic E-state index is 11.5. The van der Waals surface area contributed by atoms with Crippen molar-refractivity contribution in [3.05, 3.63) is 58.1 Å². The first-order valence-electron chi connectivity index (χ1n) is 9.72. The van der Waals surface area contributed by atoms with Gasteiger partial charge in [-0.2, -0.15) is 0 Å². The third kappa shape index (κ3) is 4.63. The number of hydrogen-bond donors (Lipinski definition) is 1. The molecule has 5 heteroatoms. The van der Waals surface area contributed by atoms with E-state index in [2.05, 4.69) is 28.4 Å². The van der Waals surface area contributed by atoms with Crippen LogP contribution in [0.25, 0.3) is 0 Å². The molecule has 27 heavy (non-hydrogen) atoms. The van der Waals surface area contributed by atoms with Crippen LogP contribution in [0, 0.1) is 0 Å². The summed E-state index contributed by atoms with van der Waals surface area (Å²) in [5.41, 5.74) is 4.88. The molecule has 0 aliphatic carbocycles. The van der Waals surface area contributed by atoms with Gasteiger partial charge in [0.15, 0.2) is 0 Å². The minimum absolute atomic E-state index is 0.0880. The Morgan fingerprint density at radius 3 is 2.81 bits per heavy atom. The number of carbonyl (C=O) groups is 1. The van der Waals surface area contributed by atoms with Crippen molar-refractivity contribution in [2.75, 3.05) is 25.0 Å². The van der Waals surface area contributed by atoms with Crippen LogP contribution in [0.1, 0.15) is 36.0 Å². The fraction of sp³-hybridized carbons (Fsp3) is 0.409. The maximum Gasteiger partial charge on any atom is 0.224 e. The summed E-state index contributed by atoms with van der Waals surface area (Å²) in [4.78, 5) is 14.0. The van der Waals surface area contributed by atoms with Gasteiger partial charge in [-0.25, -0.2) is 0 Å². The summed E-state index contributed by atoms with van der Waals surface area (Å²) in [6.07, 6.45) is 4.60. The molecular formula is C22H25ClN2O2. The number of anilines is 1. The average molecular weight is 385 g/mol. The summed E-state index contributed by atoms with van der Waals surface area (Å²) in [7, 11) is 0. The number of aryl methyl sites for hydroxylation is 1. The number of carbonyl (C=O) groups excluding carboxylic acids is 1. The summed E-state index contributed by atoms with van der Waals surface area (Å²) in [6.45, 7) is 3.90. The van der Waals surface area contributed by atoms with Crippen LogP contribution in [-0.4, -0.2) is 30.5 Å². The number of ether oxygens (including phenoxy) is 1. The molecule has 2 aromatic carbocycles. The Morgan fingerprint density at radius 2 is 1.89 bits per heavy atom. The van der Waals surface area contributed by atoms with Crippen LogP contribution in [0.2, 0.25) is 5.02 Å². The molecule has 0 saturated heterocycles. The van der Waals surface area contributed by atoms with Crippen molar-refractivity contribution in [1.29, 1.82) is 0 Å². The van der Waals surface area contributed by atoms with E-state index in [-0.39, 0.29) is 5.91 Å². The molecule has 0 radical (unpaired) electrons. The second kappa shape index (κ2) is 8.32. The number of rotatable bonds is 6. The third-order valence-electron chi connectivity index (χ3n) is 5.37. The van der Waals surface area contributed by atoms with Crippen LogP contribution in [0.5, 0.6) is 5.75 Å². The lowest BCUT2D eigenvalue weighted by Gasteiger charge is -2.28. The highest BCUT2D eigenvalue weighted by atomic mass is 35.5. The molecule has 1 amide bonds. The molecule has 1 N–H and O–H groups in total. The number of unbranched alkanes of at least 4 members (excludes halogenated alkanes) is 1. The fourth-order valence-corrected chi connectivity index (χ4v) is 4.03. The van der Waals surface area contributed by atoms with Crippen LogP contribution >= 0.6 is 11.6 Å². The Kier molecular flexibility index (Phi) is 5.65. The highest BCUT2D eigenvalue weighted by Gasteiger charge is 2.16. The van der Waals surface area contributed by atoms with Gasteiger partial charge in [0.1, 0.15) is 5.75 Å². The van der Waals surface area contributed by atoms with Gasteiger partial charge < -0.3 is 10.1 Å². The van der Waals surface area contributed by atoms with E-state index in [1.165, 1.54) is 16.7 Å². The van der Waals surface area contributed by atoms with Gasteiger partial charge in [0.2, 0.25) is 5.91 Å². The lowest BCUT2D eigenvalue weighted by atomic mass is 10.00. The van der Waals surface area contributed by atoms with Crippen molar-refractivity contribution < 1.29 is 9.53 Å². The van der Waals surface area contributed by atoms with E-state index in [0.717, 1.165) is 61.8 Å². The molecule has 4 rings (SSSR count). The summed E-state index contributed by atoms with van der Waals surface area (Å²) in [6, 6.07) is 12.2. The van der Waals surface area contributed by atoms with Gasteiger partial charge >= 0.3 is 0 Å².